The van der Waals surface area contributed by atoms with E-state index in [1.165, 1.54) is 0 Å². The number of amides is 1. The topological polar surface area (TPSA) is 109 Å². The molecule has 1 saturated heterocycles. The minimum absolute atomic E-state index is 0.119. The Balaban J connectivity index is 1.87. The Morgan fingerprint density at radius 3 is 2.80 bits per heavy atom. The Morgan fingerprint density at radius 2 is 2.12 bits per heavy atom. The van der Waals surface area contributed by atoms with E-state index in [0.717, 1.165) is 25.2 Å². The van der Waals surface area contributed by atoms with Crippen LogP contribution in [0.5, 0.6) is 0 Å². The van der Waals surface area contributed by atoms with Crippen LogP contribution < -0.4 is 20.9 Å². The van der Waals surface area contributed by atoms with Crippen molar-refractivity contribution in [3.63, 3.8) is 0 Å². The SMILES string of the molecule is CNC1CN(c2nc3cc/c(=N/S(C)(=O)=O)cc-3n3c2NC(=O)C3)C1. The number of anilines is 2. The van der Waals surface area contributed by atoms with Crippen LogP contribution in [0, 0.1) is 0 Å². The van der Waals surface area contributed by atoms with Crippen LogP contribution in [0.3, 0.4) is 0 Å². The molecule has 10 heteroatoms. The first-order valence-electron chi connectivity index (χ1n) is 7.87. The molecule has 0 bridgehead atoms. The summed E-state index contributed by atoms with van der Waals surface area (Å²) in [7, 11) is -1.58. The number of aromatic nitrogens is 2. The van der Waals surface area contributed by atoms with E-state index < -0.39 is 10.0 Å². The summed E-state index contributed by atoms with van der Waals surface area (Å²) >= 11 is 0. The molecule has 0 atom stereocenters. The van der Waals surface area contributed by atoms with Gasteiger partial charge in [0.1, 0.15) is 6.54 Å². The van der Waals surface area contributed by atoms with Crippen molar-refractivity contribution < 1.29 is 13.2 Å². The maximum absolute atomic E-state index is 11.9. The molecule has 9 nitrogen and oxygen atoms in total. The molecule has 3 heterocycles. The van der Waals surface area contributed by atoms with Gasteiger partial charge in [-0.2, -0.15) is 4.40 Å². The number of rotatable bonds is 3. The summed E-state index contributed by atoms with van der Waals surface area (Å²) in [6, 6.07) is 5.40. The normalized spacial score (nSPS) is 18.4. The zero-order chi connectivity index (χ0) is 17.8. The summed E-state index contributed by atoms with van der Waals surface area (Å²) in [6.45, 7) is 1.81. The number of hydrogen-bond donors (Lipinski definition) is 2. The number of nitrogens with one attached hydrogen (secondary N) is 2. The van der Waals surface area contributed by atoms with Gasteiger partial charge in [-0.15, -0.1) is 0 Å². The maximum Gasteiger partial charge on any atom is 0.250 e. The van der Waals surface area contributed by atoms with Crippen molar-refractivity contribution in [3.05, 3.63) is 23.6 Å². The van der Waals surface area contributed by atoms with Crippen LogP contribution in [0.15, 0.2) is 22.6 Å². The van der Waals surface area contributed by atoms with Crippen LogP contribution in [0.1, 0.15) is 0 Å². The van der Waals surface area contributed by atoms with Gasteiger partial charge in [0.2, 0.25) is 5.91 Å². The maximum atomic E-state index is 11.9. The molecule has 0 saturated carbocycles. The number of likely N-dealkylation sites (N-methyl/N-ethyl adjacent to an activating group) is 1. The lowest BCUT2D eigenvalue weighted by molar-refractivity contribution is -0.115. The predicted molar refractivity (Wildman–Crippen MR) is 92.9 cm³/mol. The minimum atomic E-state index is -3.50. The summed E-state index contributed by atoms with van der Waals surface area (Å²) in [4.78, 5) is 18.7. The van der Waals surface area contributed by atoms with Gasteiger partial charge in [0.15, 0.2) is 11.6 Å². The average Bonchev–Trinajstić information content (AvgIpc) is 2.87. The van der Waals surface area contributed by atoms with E-state index in [1.54, 1.807) is 18.2 Å². The fourth-order valence-corrected chi connectivity index (χ4v) is 3.63. The van der Waals surface area contributed by atoms with Gasteiger partial charge in [-0.05, 0) is 25.2 Å². The lowest BCUT2D eigenvalue weighted by atomic mass is 10.1. The van der Waals surface area contributed by atoms with Crippen LogP contribution in [-0.4, -0.2) is 56.3 Å². The van der Waals surface area contributed by atoms with E-state index in [-0.39, 0.29) is 12.5 Å². The monoisotopic (exact) mass is 362 g/mol. The van der Waals surface area contributed by atoms with E-state index >= 15 is 0 Å². The second-order valence-electron chi connectivity index (χ2n) is 6.31. The Kier molecular flexibility index (Phi) is 3.55. The smallest absolute Gasteiger partial charge is 0.250 e. The zero-order valence-corrected chi connectivity index (χ0v) is 14.7. The summed E-state index contributed by atoms with van der Waals surface area (Å²) in [6.07, 6.45) is 1.04. The highest BCUT2D eigenvalue weighted by molar-refractivity contribution is 7.89. The fraction of sp³-hybridized carbons (Fsp3) is 0.400. The van der Waals surface area contributed by atoms with Gasteiger partial charge < -0.3 is 20.1 Å². The number of nitrogens with zero attached hydrogens (tertiary/aromatic N) is 4. The van der Waals surface area contributed by atoms with Gasteiger partial charge in [0.25, 0.3) is 10.0 Å². The van der Waals surface area contributed by atoms with Gasteiger partial charge in [0, 0.05) is 19.1 Å². The highest BCUT2D eigenvalue weighted by Gasteiger charge is 2.33. The van der Waals surface area contributed by atoms with E-state index in [0.29, 0.717) is 28.6 Å². The van der Waals surface area contributed by atoms with Crippen molar-refractivity contribution >= 4 is 27.6 Å². The molecule has 132 valence electrons. The number of carbonyl (C=O) groups excluding carboxylic acids is 1. The molecule has 0 radical (unpaired) electrons. The lowest BCUT2D eigenvalue weighted by Crippen LogP contribution is -2.57. The molecule has 0 aromatic carbocycles. The van der Waals surface area contributed by atoms with Crippen molar-refractivity contribution in [2.45, 2.75) is 12.6 Å². The van der Waals surface area contributed by atoms with Crippen LogP contribution in [0.2, 0.25) is 0 Å². The molecule has 1 fully saturated rings. The highest BCUT2D eigenvalue weighted by Crippen LogP contribution is 2.35. The third kappa shape index (κ3) is 2.87. The van der Waals surface area contributed by atoms with E-state index in [2.05, 4.69) is 24.9 Å². The first-order chi connectivity index (χ1) is 11.8. The van der Waals surface area contributed by atoms with Gasteiger partial charge >= 0.3 is 0 Å². The fourth-order valence-electron chi connectivity index (χ4n) is 3.14. The molecule has 2 N–H and O–H groups in total. The Labute approximate surface area is 144 Å². The molecule has 25 heavy (non-hydrogen) atoms. The molecular formula is C15H18N6O3S. The number of benzene rings is 1. The second kappa shape index (κ2) is 5.53. The van der Waals surface area contributed by atoms with Crippen molar-refractivity contribution in [2.24, 2.45) is 4.40 Å². The quantitative estimate of drug-likeness (QED) is 0.741. The van der Waals surface area contributed by atoms with Crippen LogP contribution >= 0.6 is 0 Å². The summed E-state index contributed by atoms with van der Waals surface area (Å²) in [5.74, 6) is 1.26. The Morgan fingerprint density at radius 1 is 1.36 bits per heavy atom. The van der Waals surface area contributed by atoms with Gasteiger partial charge in [0.05, 0.1) is 23.0 Å². The molecule has 0 spiro atoms. The van der Waals surface area contributed by atoms with Crippen molar-refractivity contribution in [2.75, 3.05) is 36.6 Å². The summed E-state index contributed by atoms with van der Waals surface area (Å²) in [5, 5.41) is 6.39. The number of hydrogen-bond acceptors (Lipinski definition) is 6. The van der Waals surface area contributed by atoms with E-state index in [1.807, 2.05) is 11.6 Å². The summed E-state index contributed by atoms with van der Waals surface area (Å²) < 4.78 is 28.3. The minimum Gasteiger partial charge on any atom is -0.350 e. The molecule has 3 aliphatic heterocycles. The molecule has 1 aliphatic carbocycles. The molecule has 4 rings (SSSR count). The largest absolute Gasteiger partial charge is 0.350 e. The van der Waals surface area contributed by atoms with Gasteiger partial charge in [-0.25, -0.2) is 13.4 Å². The first-order valence-corrected chi connectivity index (χ1v) is 9.71. The van der Waals surface area contributed by atoms with E-state index in [4.69, 9.17) is 0 Å². The zero-order valence-electron chi connectivity index (χ0n) is 13.9. The third-order valence-electron chi connectivity index (χ3n) is 4.38. The molecule has 0 aromatic heterocycles. The average molecular weight is 362 g/mol. The second-order valence-corrected chi connectivity index (χ2v) is 7.95. The lowest BCUT2D eigenvalue weighted by Gasteiger charge is -2.40. The van der Waals surface area contributed by atoms with Crippen LogP contribution in [0.25, 0.3) is 11.4 Å². The van der Waals surface area contributed by atoms with Crippen molar-refractivity contribution in [1.29, 1.82) is 0 Å². The third-order valence-corrected chi connectivity index (χ3v) is 4.92. The number of carbonyl (C=O) groups is 1. The standard InChI is InChI=1S/C15H18N6O3S/c1-16-10-6-20(7-10)14-15-18-13(22)8-21(15)12-5-9(19-25(2,23)24)3-4-11(12)17-14/h3-5,10,16H,6-8H2,1-2H3,(H,18,22)/b19-9-. The molecular weight excluding hydrogens is 344 g/mol. The summed E-state index contributed by atoms with van der Waals surface area (Å²) in [5.41, 5.74) is 1.36. The van der Waals surface area contributed by atoms with Gasteiger partial charge in [-0.3, -0.25) is 4.79 Å². The molecule has 1 amide bonds. The molecule has 4 aliphatic rings. The molecule has 0 aromatic rings. The highest BCUT2D eigenvalue weighted by atomic mass is 32.2. The van der Waals surface area contributed by atoms with Gasteiger partial charge in [-0.1, -0.05) is 0 Å². The number of fused-ring (bicyclic) bond motifs is 3. The van der Waals surface area contributed by atoms with Crippen molar-refractivity contribution in [3.8, 4) is 11.4 Å². The Hall–Kier alpha value is -2.46. The first kappa shape index (κ1) is 16.0. The Bertz CT molecular complexity index is 1010. The number of sulfonamides is 1. The molecule has 0 unspecified atom stereocenters. The van der Waals surface area contributed by atoms with Crippen molar-refractivity contribution in [1.82, 2.24) is 14.9 Å². The van der Waals surface area contributed by atoms with Crippen LogP contribution in [0.4, 0.5) is 11.6 Å². The van der Waals surface area contributed by atoms with E-state index in [9.17, 15) is 13.2 Å². The predicted octanol–water partition coefficient (Wildman–Crippen LogP) is -0.792. The van der Waals surface area contributed by atoms with Crippen LogP contribution in [-0.2, 0) is 21.4 Å².